The second-order valence-electron chi connectivity index (χ2n) is 3.77. The van der Waals surface area contributed by atoms with Crippen molar-refractivity contribution in [3.05, 3.63) is 35.9 Å². The Labute approximate surface area is 134 Å². The molecular formula is C18H27NO3. The fourth-order valence-electron chi connectivity index (χ4n) is 1.35. The number of hydrogen-bond donors (Lipinski definition) is 1. The number of rotatable bonds is 6. The summed E-state index contributed by atoms with van der Waals surface area (Å²) in [6, 6.07) is 9.61. The molecule has 4 heteroatoms. The average molecular weight is 305 g/mol. The van der Waals surface area contributed by atoms with Gasteiger partial charge in [-0.05, 0) is 32.4 Å². The Kier molecular flexibility index (Phi) is 16.8. The molecule has 4 nitrogen and oxygen atoms in total. The van der Waals surface area contributed by atoms with Gasteiger partial charge in [0.15, 0.2) is 0 Å². The molecule has 0 aliphatic carbocycles. The van der Waals surface area contributed by atoms with Crippen molar-refractivity contribution in [2.45, 2.75) is 40.5 Å². The van der Waals surface area contributed by atoms with Crippen LogP contribution >= 0.6 is 0 Å². The van der Waals surface area contributed by atoms with E-state index >= 15 is 0 Å². The van der Waals surface area contributed by atoms with Gasteiger partial charge in [-0.15, -0.1) is 12.3 Å². The molecule has 0 spiro atoms. The Morgan fingerprint density at radius 3 is 2.32 bits per heavy atom. The molecule has 1 aromatic rings. The van der Waals surface area contributed by atoms with E-state index in [0.717, 1.165) is 5.56 Å². The highest BCUT2D eigenvalue weighted by atomic mass is 16.5. The van der Waals surface area contributed by atoms with Gasteiger partial charge < -0.3 is 9.84 Å². The van der Waals surface area contributed by atoms with E-state index in [-0.39, 0.29) is 6.42 Å². The first-order chi connectivity index (χ1) is 10.7. The lowest BCUT2D eigenvalue weighted by atomic mass is 10.2. The van der Waals surface area contributed by atoms with Crippen molar-refractivity contribution in [3.63, 3.8) is 0 Å². The lowest BCUT2D eigenvalue weighted by molar-refractivity contribution is -0.137. The van der Waals surface area contributed by atoms with Crippen molar-refractivity contribution >= 4 is 11.9 Å². The monoisotopic (exact) mass is 305 g/mol. The molecule has 1 rings (SSSR count). The molecule has 0 saturated heterocycles. The normalized spacial score (nSPS) is 9.32. The fourth-order valence-corrected chi connectivity index (χ4v) is 1.35. The molecule has 0 heterocycles. The lowest BCUT2D eigenvalue weighted by Gasteiger charge is -2.07. The number of terminal acetylenes is 1. The highest BCUT2D eigenvalue weighted by Crippen LogP contribution is 2.03. The quantitative estimate of drug-likeness (QED) is 0.374. The molecule has 0 unspecified atom stereocenters. The van der Waals surface area contributed by atoms with Crippen molar-refractivity contribution in [2.75, 3.05) is 13.2 Å². The number of carboxylic acid groups (broad SMARTS) is 1. The van der Waals surface area contributed by atoms with Crippen molar-refractivity contribution < 1.29 is 14.6 Å². The maximum Gasteiger partial charge on any atom is 0.303 e. The molecule has 0 aliphatic rings. The molecule has 0 atom stereocenters. The zero-order chi connectivity index (χ0) is 17.2. The van der Waals surface area contributed by atoms with Gasteiger partial charge in [-0.1, -0.05) is 32.0 Å². The summed E-state index contributed by atoms with van der Waals surface area (Å²) in [7, 11) is 0. The maximum absolute atomic E-state index is 10.4. The summed E-state index contributed by atoms with van der Waals surface area (Å²) >= 11 is 0. The SMILES string of the molecule is C#CC.CC.CCOC(=NCCCC(=O)O)c1ccccc1. The highest BCUT2D eigenvalue weighted by molar-refractivity contribution is 5.94. The van der Waals surface area contributed by atoms with Crippen LogP contribution in [0.4, 0.5) is 0 Å². The molecule has 22 heavy (non-hydrogen) atoms. The van der Waals surface area contributed by atoms with Crippen molar-refractivity contribution in [3.8, 4) is 12.3 Å². The summed E-state index contributed by atoms with van der Waals surface area (Å²) in [6.45, 7) is 8.57. The van der Waals surface area contributed by atoms with Crippen molar-refractivity contribution in [2.24, 2.45) is 4.99 Å². The molecule has 1 N–H and O–H groups in total. The molecule has 0 radical (unpaired) electrons. The molecule has 0 aliphatic heterocycles. The Morgan fingerprint density at radius 2 is 1.86 bits per heavy atom. The zero-order valence-corrected chi connectivity index (χ0v) is 14.0. The lowest BCUT2D eigenvalue weighted by Crippen LogP contribution is -2.08. The number of nitrogens with zero attached hydrogens (tertiary/aromatic N) is 1. The molecule has 122 valence electrons. The predicted molar refractivity (Wildman–Crippen MR) is 92.2 cm³/mol. The third kappa shape index (κ3) is 12.7. The molecule has 0 saturated carbocycles. The summed E-state index contributed by atoms with van der Waals surface area (Å²) in [5.74, 6) is 2.04. The Hall–Kier alpha value is -2.28. The van der Waals surface area contributed by atoms with Crippen LogP contribution < -0.4 is 0 Å². The van der Waals surface area contributed by atoms with E-state index in [4.69, 9.17) is 9.84 Å². The van der Waals surface area contributed by atoms with E-state index < -0.39 is 5.97 Å². The highest BCUT2D eigenvalue weighted by Gasteiger charge is 2.03. The van der Waals surface area contributed by atoms with Crippen LogP contribution in [-0.4, -0.2) is 30.1 Å². The van der Waals surface area contributed by atoms with Crippen LogP contribution in [0.25, 0.3) is 0 Å². The van der Waals surface area contributed by atoms with E-state index in [1.165, 1.54) is 0 Å². The van der Waals surface area contributed by atoms with Gasteiger partial charge in [-0.2, -0.15) is 0 Å². The summed E-state index contributed by atoms with van der Waals surface area (Å²) < 4.78 is 5.44. The van der Waals surface area contributed by atoms with Crippen molar-refractivity contribution in [1.82, 2.24) is 0 Å². The van der Waals surface area contributed by atoms with E-state index in [9.17, 15) is 4.79 Å². The number of aliphatic imine (C=N–C) groups is 1. The van der Waals surface area contributed by atoms with Gasteiger partial charge in [0.25, 0.3) is 0 Å². The minimum atomic E-state index is -0.794. The third-order valence-corrected chi connectivity index (χ3v) is 2.11. The molecule has 0 bridgehead atoms. The van der Waals surface area contributed by atoms with E-state index in [0.29, 0.717) is 25.5 Å². The second kappa shape index (κ2) is 16.8. The molecule has 0 amide bonds. The smallest absolute Gasteiger partial charge is 0.303 e. The predicted octanol–water partition coefficient (Wildman–Crippen LogP) is 4.00. The Morgan fingerprint density at radius 1 is 1.32 bits per heavy atom. The van der Waals surface area contributed by atoms with Gasteiger partial charge in [-0.3, -0.25) is 9.79 Å². The summed E-state index contributed by atoms with van der Waals surface area (Å²) in [6.07, 6.45) is 5.26. The third-order valence-electron chi connectivity index (χ3n) is 2.11. The van der Waals surface area contributed by atoms with Crippen LogP contribution in [0.3, 0.4) is 0 Å². The van der Waals surface area contributed by atoms with Gasteiger partial charge in [0.2, 0.25) is 5.90 Å². The van der Waals surface area contributed by atoms with Gasteiger partial charge in [-0.25, -0.2) is 0 Å². The van der Waals surface area contributed by atoms with Crippen LogP contribution in [0.5, 0.6) is 0 Å². The van der Waals surface area contributed by atoms with Crippen LogP contribution in [0, 0.1) is 12.3 Å². The maximum atomic E-state index is 10.4. The topological polar surface area (TPSA) is 58.9 Å². The number of benzene rings is 1. The number of hydrogen-bond acceptors (Lipinski definition) is 3. The number of aliphatic carboxylic acids is 1. The van der Waals surface area contributed by atoms with Crippen molar-refractivity contribution in [1.29, 1.82) is 0 Å². The van der Waals surface area contributed by atoms with Crippen LogP contribution in [0.1, 0.15) is 46.1 Å². The minimum Gasteiger partial charge on any atom is -0.481 e. The summed E-state index contributed by atoms with van der Waals surface area (Å²) in [5.41, 5.74) is 0.921. The Bertz CT molecular complexity index is 447. The van der Waals surface area contributed by atoms with Crippen LogP contribution in [0.15, 0.2) is 35.3 Å². The average Bonchev–Trinajstić information content (AvgIpc) is 2.54. The van der Waals surface area contributed by atoms with E-state index in [1.54, 1.807) is 6.92 Å². The number of carboxylic acids is 1. The first-order valence-electron chi connectivity index (χ1n) is 7.47. The second-order valence-corrected chi connectivity index (χ2v) is 3.77. The summed E-state index contributed by atoms with van der Waals surface area (Å²) in [5, 5.41) is 8.52. The molecule has 0 aromatic heterocycles. The fraction of sp³-hybridized carbons (Fsp3) is 0.444. The number of carbonyl (C=O) groups is 1. The van der Waals surface area contributed by atoms with Gasteiger partial charge >= 0.3 is 5.97 Å². The zero-order valence-electron chi connectivity index (χ0n) is 14.0. The van der Waals surface area contributed by atoms with Crippen LogP contribution in [-0.2, 0) is 9.53 Å². The van der Waals surface area contributed by atoms with Crippen LogP contribution in [0.2, 0.25) is 0 Å². The van der Waals surface area contributed by atoms with Gasteiger partial charge in [0, 0.05) is 18.5 Å². The molecular weight excluding hydrogens is 278 g/mol. The first kappa shape index (κ1) is 22.0. The standard InChI is InChI=1S/C13H17NO3.C3H4.C2H6/c1-2-17-13(11-7-4-3-5-8-11)14-10-6-9-12(15)16;1-3-2;1-2/h3-5,7-8H,2,6,9-10H2,1H3,(H,15,16);1H,2H3;1-2H3. The van der Waals surface area contributed by atoms with Gasteiger partial charge in [0.1, 0.15) is 0 Å². The van der Waals surface area contributed by atoms with E-state index in [1.807, 2.05) is 51.1 Å². The summed E-state index contributed by atoms with van der Waals surface area (Å²) in [4.78, 5) is 14.6. The minimum absolute atomic E-state index is 0.137. The number of ether oxygens (including phenoxy) is 1. The molecule has 1 aromatic carbocycles. The van der Waals surface area contributed by atoms with Gasteiger partial charge in [0.05, 0.1) is 6.61 Å². The first-order valence-corrected chi connectivity index (χ1v) is 7.47. The Balaban J connectivity index is 0. The van der Waals surface area contributed by atoms with E-state index in [2.05, 4.69) is 17.3 Å². The molecule has 0 fully saturated rings. The largest absolute Gasteiger partial charge is 0.481 e.